The number of halogens is 4. The van der Waals surface area contributed by atoms with E-state index in [2.05, 4.69) is 4.74 Å². The third-order valence-corrected chi connectivity index (χ3v) is 0.877. The Kier molecular flexibility index (Phi) is 2.67. The average molecular weight is 187 g/mol. The zero-order chi connectivity index (χ0) is 10.6. The van der Waals surface area contributed by atoms with Crippen molar-refractivity contribution in [3.8, 4) is 0 Å². The van der Waals surface area contributed by atoms with E-state index in [1.54, 1.807) is 0 Å². The summed E-state index contributed by atoms with van der Waals surface area (Å²) in [6, 6.07) is 0. The Balaban J connectivity index is 4.37. The number of ether oxygens (including phenoxy) is 1. The Labute approximate surface area is 67.2 Å². The molecule has 0 aliphatic carbocycles. The minimum Gasteiger partial charge on any atom is -0.417 e. The molecule has 0 aromatic rings. The van der Waals surface area contributed by atoms with Crippen LogP contribution in [0.3, 0.4) is 0 Å². The highest BCUT2D eigenvalue weighted by Gasteiger charge is 2.39. The molecule has 12 heavy (non-hydrogen) atoms. The minimum absolute atomic E-state index is 0.0656. The molecule has 0 bridgehead atoms. The van der Waals surface area contributed by atoms with E-state index in [9.17, 15) is 22.4 Å². The van der Waals surface area contributed by atoms with Gasteiger partial charge in [0.25, 0.3) is 0 Å². The van der Waals surface area contributed by atoms with Gasteiger partial charge in [-0.25, -0.2) is 13.6 Å². The number of esters is 1. The SMILES string of the molecule is [2H]C=C(F)C(=O)OC(C)(F)C(F)F. The fourth-order valence-electron chi connectivity index (χ4n) is 0.275. The summed E-state index contributed by atoms with van der Waals surface area (Å²) in [4.78, 5) is 10.3. The summed E-state index contributed by atoms with van der Waals surface area (Å²) in [5, 5.41) is 0. The second-order valence-electron chi connectivity index (χ2n) is 2.02. The lowest BCUT2D eigenvalue weighted by Crippen LogP contribution is -2.34. The maximum Gasteiger partial charge on any atom is 0.369 e. The van der Waals surface area contributed by atoms with Gasteiger partial charge in [-0.2, -0.15) is 8.78 Å². The van der Waals surface area contributed by atoms with Crippen molar-refractivity contribution >= 4 is 5.97 Å². The van der Waals surface area contributed by atoms with Crippen molar-refractivity contribution in [3.63, 3.8) is 0 Å². The van der Waals surface area contributed by atoms with Crippen LogP contribution in [0.5, 0.6) is 0 Å². The summed E-state index contributed by atoms with van der Waals surface area (Å²) in [6.45, 7) is 0.219. The number of hydrogen-bond donors (Lipinski definition) is 0. The molecule has 0 N–H and O–H groups in total. The van der Waals surface area contributed by atoms with Crippen LogP contribution in [-0.4, -0.2) is 18.2 Å². The molecule has 0 heterocycles. The Hall–Kier alpha value is -1.07. The highest BCUT2D eigenvalue weighted by atomic mass is 19.3. The van der Waals surface area contributed by atoms with Crippen molar-refractivity contribution in [2.75, 3.05) is 0 Å². The normalized spacial score (nSPS) is 18.5. The van der Waals surface area contributed by atoms with Crippen LogP contribution < -0.4 is 0 Å². The molecule has 1 unspecified atom stereocenters. The molecule has 6 heteroatoms. The number of carbonyl (C=O) groups excluding carboxylic acids is 1. The lowest BCUT2D eigenvalue weighted by atomic mass is 10.4. The standard InChI is InChI=1S/C6H6F4O2/c1-3(7)4(11)12-6(2,10)5(8)9/h5H,1H2,2H3/i1D. The van der Waals surface area contributed by atoms with Gasteiger partial charge in [-0.05, 0) is 0 Å². The Morgan fingerprint density at radius 3 is 2.58 bits per heavy atom. The first-order valence-electron chi connectivity index (χ1n) is 3.33. The summed E-state index contributed by atoms with van der Waals surface area (Å²) < 4.78 is 57.7. The van der Waals surface area contributed by atoms with E-state index in [4.69, 9.17) is 1.37 Å². The fraction of sp³-hybridized carbons (Fsp3) is 0.500. The third kappa shape index (κ3) is 2.89. The first-order valence-corrected chi connectivity index (χ1v) is 2.75. The average Bonchev–Trinajstić information content (AvgIpc) is 2.01. The maximum atomic E-state index is 12.5. The summed E-state index contributed by atoms with van der Waals surface area (Å²) in [6.07, 6.45) is -3.57. The lowest BCUT2D eigenvalue weighted by Gasteiger charge is -2.18. The highest BCUT2D eigenvalue weighted by molar-refractivity contribution is 5.85. The predicted octanol–water partition coefficient (Wildman–Crippen LogP) is 1.96. The van der Waals surface area contributed by atoms with Gasteiger partial charge in [0, 0.05) is 6.92 Å². The van der Waals surface area contributed by atoms with E-state index < -0.39 is 24.1 Å². The van der Waals surface area contributed by atoms with E-state index in [1.165, 1.54) is 0 Å². The number of carbonyl (C=O) groups is 1. The van der Waals surface area contributed by atoms with Crippen LogP contribution in [0.15, 0.2) is 12.4 Å². The zero-order valence-electron chi connectivity index (χ0n) is 6.98. The summed E-state index contributed by atoms with van der Waals surface area (Å²) in [7, 11) is 0. The van der Waals surface area contributed by atoms with Crippen molar-refractivity contribution in [2.24, 2.45) is 0 Å². The summed E-state index contributed by atoms with van der Waals surface area (Å²) in [5.74, 6) is -7.22. The molecule has 1 atom stereocenters. The Morgan fingerprint density at radius 1 is 1.75 bits per heavy atom. The fourth-order valence-corrected chi connectivity index (χ4v) is 0.275. The van der Waals surface area contributed by atoms with Gasteiger partial charge >= 0.3 is 18.2 Å². The molecule has 0 aromatic carbocycles. The first kappa shape index (κ1) is 9.02. The maximum absolute atomic E-state index is 12.5. The van der Waals surface area contributed by atoms with Crippen LogP contribution in [0.4, 0.5) is 17.6 Å². The van der Waals surface area contributed by atoms with E-state index in [0.717, 1.165) is 0 Å². The van der Waals surface area contributed by atoms with Crippen LogP contribution >= 0.6 is 0 Å². The molecule has 70 valence electrons. The number of alkyl halides is 3. The summed E-state index contributed by atoms with van der Waals surface area (Å²) >= 11 is 0. The van der Waals surface area contributed by atoms with Gasteiger partial charge in [-0.3, -0.25) is 0 Å². The Bertz CT molecular complexity index is 227. The molecule has 0 rings (SSSR count). The van der Waals surface area contributed by atoms with Crippen LogP contribution in [0.2, 0.25) is 0 Å². The van der Waals surface area contributed by atoms with Crippen molar-refractivity contribution in [1.82, 2.24) is 0 Å². The molecule has 0 saturated carbocycles. The van der Waals surface area contributed by atoms with Crippen LogP contribution in [-0.2, 0) is 9.53 Å². The molecule has 0 amide bonds. The molecule has 0 radical (unpaired) electrons. The molecular formula is C6H6F4O2. The lowest BCUT2D eigenvalue weighted by molar-refractivity contribution is -0.210. The topological polar surface area (TPSA) is 26.3 Å². The van der Waals surface area contributed by atoms with E-state index in [0.29, 0.717) is 0 Å². The van der Waals surface area contributed by atoms with Crippen LogP contribution in [0.25, 0.3) is 0 Å². The zero-order valence-corrected chi connectivity index (χ0v) is 5.98. The van der Waals surface area contributed by atoms with Gasteiger partial charge in [-0.1, -0.05) is 6.55 Å². The first-order chi connectivity index (χ1) is 5.81. The molecular weight excluding hydrogens is 180 g/mol. The molecule has 0 saturated heterocycles. The molecule has 0 aliphatic heterocycles. The third-order valence-electron chi connectivity index (χ3n) is 0.877. The summed E-state index contributed by atoms with van der Waals surface area (Å²) in [5.41, 5.74) is 0. The smallest absolute Gasteiger partial charge is 0.369 e. The Morgan fingerprint density at radius 2 is 2.25 bits per heavy atom. The molecule has 0 fully saturated rings. The van der Waals surface area contributed by atoms with Crippen molar-refractivity contribution in [2.45, 2.75) is 19.2 Å². The van der Waals surface area contributed by atoms with Gasteiger partial charge in [0.2, 0.25) is 5.83 Å². The number of rotatable bonds is 3. The minimum atomic E-state index is -3.57. The predicted molar refractivity (Wildman–Crippen MR) is 31.9 cm³/mol. The monoisotopic (exact) mass is 187 g/mol. The van der Waals surface area contributed by atoms with Crippen LogP contribution in [0, 0.1) is 0 Å². The van der Waals surface area contributed by atoms with E-state index in [-0.39, 0.29) is 13.5 Å². The highest BCUT2D eigenvalue weighted by Crippen LogP contribution is 2.22. The van der Waals surface area contributed by atoms with E-state index in [1.807, 2.05) is 0 Å². The molecule has 0 spiro atoms. The molecule has 2 nitrogen and oxygen atoms in total. The van der Waals surface area contributed by atoms with Gasteiger partial charge in [-0.15, -0.1) is 0 Å². The second-order valence-corrected chi connectivity index (χ2v) is 2.02. The second kappa shape index (κ2) is 3.55. The largest absolute Gasteiger partial charge is 0.417 e. The quantitative estimate of drug-likeness (QED) is 0.383. The van der Waals surface area contributed by atoms with E-state index >= 15 is 0 Å². The van der Waals surface area contributed by atoms with Crippen molar-refractivity contribution in [1.29, 1.82) is 0 Å². The van der Waals surface area contributed by atoms with Gasteiger partial charge in [0.15, 0.2) is 0 Å². The number of hydrogen-bond acceptors (Lipinski definition) is 2. The van der Waals surface area contributed by atoms with Gasteiger partial charge in [0.1, 0.15) is 0 Å². The van der Waals surface area contributed by atoms with Gasteiger partial charge < -0.3 is 4.74 Å². The van der Waals surface area contributed by atoms with Crippen molar-refractivity contribution in [3.05, 3.63) is 12.4 Å². The van der Waals surface area contributed by atoms with Crippen molar-refractivity contribution < 1.29 is 28.5 Å². The molecule has 0 aliphatic rings. The van der Waals surface area contributed by atoms with Crippen LogP contribution in [0.1, 0.15) is 8.29 Å². The van der Waals surface area contributed by atoms with Gasteiger partial charge in [0.05, 0.1) is 1.37 Å². The molecule has 0 aromatic heterocycles.